The van der Waals surface area contributed by atoms with Crippen LogP contribution in [0, 0.1) is 13.8 Å². The molecule has 3 rings (SSSR count). The van der Waals surface area contributed by atoms with E-state index in [1.807, 2.05) is 39.0 Å². The molecule has 1 atom stereocenters. The molecule has 0 aliphatic carbocycles. The molecular weight excluding hydrogens is 395 g/mol. The quantitative estimate of drug-likeness (QED) is 0.540. The summed E-state index contributed by atoms with van der Waals surface area (Å²) in [4.78, 5) is 0.870. The van der Waals surface area contributed by atoms with Gasteiger partial charge in [0.25, 0.3) is 0 Å². The minimum absolute atomic E-state index is 0.362. The predicted molar refractivity (Wildman–Crippen MR) is 127 cm³/mol. The van der Waals surface area contributed by atoms with Gasteiger partial charge in [-0.05, 0) is 76.4 Å². The predicted octanol–water partition coefficient (Wildman–Crippen LogP) is 4.98. The first-order valence-corrected chi connectivity index (χ1v) is 12.2. The Balaban J connectivity index is 2.40. The van der Waals surface area contributed by atoms with E-state index in [2.05, 4.69) is 62.4 Å². The van der Waals surface area contributed by atoms with E-state index in [1.54, 1.807) is 7.11 Å². The van der Waals surface area contributed by atoms with Gasteiger partial charge in [0, 0.05) is 10.1 Å². The molecule has 0 aliphatic heterocycles. The van der Waals surface area contributed by atoms with Gasteiger partial charge in [-0.1, -0.05) is 54.6 Å². The summed E-state index contributed by atoms with van der Waals surface area (Å²) in [5, 5.41) is 3.60. The molecule has 0 saturated carbocycles. The molecule has 0 saturated heterocycles. The van der Waals surface area contributed by atoms with Crippen LogP contribution in [-0.4, -0.2) is 16.1 Å². The van der Waals surface area contributed by atoms with Crippen LogP contribution in [0.2, 0.25) is 0 Å². The van der Waals surface area contributed by atoms with Gasteiger partial charge in [0.05, 0.1) is 22.8 Å². The maximum atomic E-state index is 13.6. The zero-order valence-electron chi connectivity index (χ0n) is 18.0. The van der Waals surface area contributed by atoms with Crippen molar-refractivity contribution < 1.29 is 8.95 Å². The fourth-order valence-corrected chi connectivity index (χ4v) is 7.77. The number of benzene rings is 3. The molecule has 0 fully saturated rings. The lowest BCUT2D eigenvalue weighted by Crippen LogP contribution is -2.31. The zero-order valence-corrected chi connectivity index (χ0v) is 19.7. The molecular formula is C25H29O2PS. The van der Waals surface area contributed by atoms with Crippen molar-refractivity contribution in [1.82, 2.24) is 0 Å². The average Bonchev–Trinajstić information content (AvgIpc) is 2.69. The van der Waals surface area contributed by atoms with Gasteiger partial charge in [0.1, 0.15) is 5.75 Å². The molecule has 0 aromatic heterocycles. The minimum Gasteiger partial charge on any atom is -0.496 e. The molecule has 3 aromatic rings. The monoisotopic (exact) mass is 424 g/mol. The maximum Gasteiger partial charge on any atom is 0.128 e. The van der Waals surface area contributed by atoms with Gasteiger partial charge in [0.2, 0.25) is 0 Å². The van der Waals surface area contributed by atoms with E-state index in [0.29, 0.717) is 0 Å². The van der Waals surface area contributed by atoms with E-state index >= 15 is 0 Å². The number of ether oxygens (including phenoxy) is 1. The Kier molecular flexibility index (Phi) is 6.61. The topological polar surface area (TPSA) is 26.3 Å². The molecule has 0 aliphatic rings. The number of rotatable bonds is 5. The lowest BCUT2D eigenvalue weighted by atomic mass is 10.2. The van der Waals surface area contributed by atoms with E-state index in [0.717, 1.165) is 15.9 Å². The Morgan fingerprint density at radius 1 is 0.793 bits per heavy atom. The fraction of sp³-hybridized carbons (Fsp3) is 0.280. The molecule has 0 amide bonds. The van der Waals surface area contributed by atoms with Crippen molar-refractivity contribution >= 4 is 34.6 Å². The molecule has 0 N–H and O–H groups in total. The first-order chi connectivity index (χ1) is 13.8. The summed E-state index contributed by atoms with van der Waals surface area (Å²) in [5.41, 5.74) is 2.47. The second kappa shape index (κ2) is 8.81. The third kappa shape index (κ3) is 4.47. The van der Waals surface area contributed by atoms with Crippen molar-refractivity contribution in [2.75, 3.05) is 7.11 Å². The van der Waals surface area contributed by atoms with E-state index in [-0.39, 0.29) is 4.75 Å². The number of hydrogen-bond donors (Lipinski definition) is 0. The highest BCUT2D eigenvalue weighted by atomic mass is 32.2. The summed E-state index contributed by atoms with van der Waals surface area (Å²) < 4.78 is 19.0. The lowest BCUT2D eigenvalue weighted by Gasteiger charge is -2.28. The van der Waals surface area contributed by atoms with E-state index < -0.39 is 18.7 Å². The highest BCUT2D eigenvalue weighted by molar-refractivity contribution is 7.88. The maximum absolute atomic E-state index is 13.6. The molecule has 4 heteroatoms. The smallest absolute Gasteiger partial charge is 0.128 e. The molecule has 2 nitrogen and oxygen atoms in total. The zero-order chi connectivity index (χ0) is 21.2. The van der Waals surface area contributed by atoms with Gasteiger partial charge >= 0.3 is 0 Å². The first-order valence-electron chi connectivity index (χ1n) is 9.76. The van der Waals surface area contributed by atoms with Gasteiger partial charge in [-0.15, -0.1) is 0 Å². The van der Waals surface area contributed by atoms with E-state index in [9.17, 15) is 4.21 Å². The molecule has 0 bridgehead atoms. The Hall–Kier alpha value is -1.96. The van der Waals surface area contributed by atoms with E-state index in [1.165, 1.54) is 21.7 Å². The van der Waals surface area contributed by atoms with E-state index in [4.69, 9.17) is 4.74 Å². The van der Waals surface area contributed by atoms with Crippen LogP contribution in [-0.2, 0) is 10.8 Å². The molecule has 0 heterocycles. The summed E-state index contributed by atoms with van der Waals surface area (Å²) in [6.07, 6.45) is 0. The number of aryl methyl sites for hydroxylation is 2. The summed E-state index contributed by atoms with van der Waals surface area (Å²) in [7, 11) is -0.402. The van der Waals surface area contributed by atoms with Crippen LogP contribution in [0.1, 0.15) is 31.9 Å². The van der Waals surface area contributed by atoms with Gasteiger partial charge < -0.3 is 4.74 Å². The number of hydrogen-bond acceptors (Lipinski definition) is 2. The van der Waals surface area contributed by atoms with Crippen molar-refractivity contribution in [3.8, 4) is 5.75 Å². The minimum atomic E-state index is -1.17. The van der Waals surface area contributed by atoms with Crippen molar-refractivity contribution in [2.24, 2.45) is 0 Å². The standard InChI is InChI=1S/C25H29O2PS/c1-18-12-7-9-15-21(18)28(22-16-10-8-13-19(22)2)24-20(27-6)14-11-17-23(24)29(26)25(3,4)5/h7-17H,1-6H3. The van der Waals surface area contributed by atoms with Gasteiger partial charge in [-0.2, -0.15) is 0 Å². The second-order valence-corrected chi connectivity index (χ2v) is 12.4. The van der Waals surface area contributed by atoms with Crippen LogP contribution < -0.4 is 20.7 Å². The molecule has 1 unspecified atom stereocenters. The van der Waals surface area contributed by atoms with Gasteiger partial charge in [-0.3, -0.25) is 4.21 Å². The fourth-order valence-electron chi connectivity index (χ4n) is 3.37. The normalized spacial score (nSPS) is 12.8. The average molecular weight is 425 g/mol. The summed E-state index contributed by atoms with van der Waals surface area (Å²) in [6, 6.07) is 23.0. The molecule has 3 aromatic carbocycles. The summed E-state index contributed by atoms with van der Waals surface area (Å²) in [5.74, 6) is 0.803. The largest absolute Gasteiger partial charge is 0.496 e. The van der Waals surface area contributed by atoms with Gasteiger partial charge in [-0.25, -0.2) is 0 Å². The Morgan fingerprint density at radius 3 is 1.76 bits per heavy atom. The molecule has 152 valence electrons. The Labute approximate surface area is 178 Å². The van der Waals surface area contributed by atoms with Crippen molar-refractivity contribution in [1.29, 1.82) is 0 Å². The van der Waals surface area contributed by atoms with Crippen LogP contribution >= 0.6 is 7.92 Å². The summed E-state index contributed by atoms with van der Waals surface area (Å²) >= 11 is 0. The van der Waals surface area contributed by atoms with Crippen molar-refractivity contribution in [3.63, 3.8) is 0 Å². The molecule has 0 spiro atoms. The van der Waals surface area contributed by atoms with Crippen LogP contribution in [0.15, 0.2) is 71.6 Å². The second-order valence-electron chi connectivity index (χ2n) is 8.10. The van der Waals surface area contributed by atoms with Crippen LogP contribution in [0.5, 0.6) is 5.75 Å². The summed E-state index contributed by atoms with van der Waals surface area (Å²) in [6.45, 7) is 10.4. The van der Waals surface area contributed by atoms with Crippen LogP contribution in [0.25, 0.3) is 0 Å². The Bertz CT molecular complexity index is 991. The van der Waals surface area contributed by atoms with Crippen LogP contribution in [0.3, 0.4) is 0 Å². The van der Waals surface area contributed by atoms with Crippen molar-refractivity contribution in [3.05, 3.63) is 77.9 Å². The Morgan fingerprint density at radius 2 is 1.31 bits per heavy atom. The molecule has 29 heavy (non-hydrogen) atoms. The lowest BCUT2D eigenvalue weighted by molar-refractivity contribution is 0.417. The van der Waals surface area contributed by atoms with Gasteiger partial charge in [0.15, 0.2) is 0 Å². The third-order valence-electron chi connectivity index (χ3n) is 4.87. The third-order valence-corrected chi connectivity index (χ3v) is 9.75. The highest BCUT2D eigenvalue weighted by Gasteiger charge is 2.31. The van der Waals surface area contributed by atoms with Crippen LogP contribution in [0.4, 0.5) is 0 Å². The first kappa shape index (κ1) is 21.7. The van der Waals surface area contributed by atoms with Crippen molar-refractivity contribution in [2.45, 2.75) is 44.3 Å². The number of methoxy groups -OCH3 is 1. The molecule has 0 radical (unpaired) electrons. The SMILES string of the molecule is COc1cccc(S(=O)C(C)(C)C)c1P(c1ccccc1C)c1ccccc1C. The highest BCUT2D eigenvalue weighted by Crippen LogP contribution is 2.41.